The van der Waals surface area contributed by atoms with Crippen molar-refractivity contribution >= 4 is 12.2 Å². The van der Waals surface area contributed by atoms with Gasteiger partial charge in [0.1, 0.15) is 0 Å². The van der Waals surface area contributed by atoms with Crippen LogP contribution in [0.4, 0.5) is 0 Å². The summed E-state index contributed by atoms with van der Waals surface area (Å²) >= 11 is 4.92. The molecular weight excluding hydrogens is 276 g/mol. The second-order valence-electron chi connectivity index (χ2n) is 4.79. The van der Waals surface area contributed by atoms with E-state index in [0.29, 0.717) is 29.3 Å². The van der Waals surface area contributed by atoms with Crippen LogP contribution in [-0.2, 0) is 11.3 Å². The first-order valence-electron chi connectivity index (χ1n) is 6.42. The molecule has 2 rings (SSSR count). The highest BCUT2D eigenvalue weighted by atomic mass is 32.1. The quantitative estimate of drug-likeness (QED) is 0.828. The van der Waals surface area contributed by atoms with E-state index in [4.69, 9.17) is 17.0 Å². The lowest BCUT2D eigenvalue weighted by atomic mass is 10.1. The second kappa shape index (κ2) is 6.15. The summed E-state index contributed by atoms with van der Waals surface area (Å²) in [7, 11) is 1.62. The summed E-state index contributed by atoms with van der Waals surface area (Å²) in [5, 5.41) is 5.51. The van der Waals surface area contributed by atoms with E-state index in [1.54, 1.807) is 17.7 Å². The predicted octanol–water partition coefficient (Wildman–Crippen LogP) is 2.07. The lowest BCUT2D eigenvalue weighted by Gasteiger charge is -2.16. The van der Waals surface area contributed by atoms with Crippen LogP contribution in [0.25, 0.3) is 11.4 Å². The molecule has 0 saturated heterocycles. The van der Waals surface area contributed by atoms with Gasteiger partial charge in [-0.3, -0.25) is 15.0 Å². The van der Waals surface area contributed by atoms with Crippen LogP contribution in [0.2, 0.25) is 0 Å². The molecule has 20 heavy (non-hydrogen) atoms. The number of methoxy groups -OCH3 is 1. The third-order valence-electron chi connectivity index (χ3n) is 3.07. The largest absolute Gasteiger partial charge is 0.383 e. The van der Waals surface area contributed by atoms with Crippen molar-refractivity contribution in [2.75, 3.05) is 13.7 Å². The van der Waals surface area contributed by atoms with Crippen LogP contribution in [-0.4, -0.2) is 33.5 Å². The first-order chi connectivity index (χ1) is 9.54. The number of rotatable bonds is 5. The highest BCUT2D eigenvalue weighted by Crippen LogP contribution is 2.16. The highest BCUT2D eigenvalue weighted by molar-refractivity contribution is 7.71. The fourth-order valence-corrected chi connectivity index (χ4v) is 2.23. The van der Waals surface area contributed by atoms with Crippen LogP contribution < -0.4 is 5.56 Å². The third-order valence-corrected chi connectivity index (χ3v) is 3.27. The summed E-state index contributed by atoms with van der Waals surface area (Å²) in [4.78, 5) is 16.7. The maximum absolute atomic E-state index is 12.6. The minimum Gasteiger partial charge on any atom is -0.383 e. The monoisotopic (exact) mass is 294 g/mol. The molecule has 0 fully saturated rings. The van der Waals surface area contributed by atoms with E-state index in [-0.39, 0.29) is 11.5 Å². The molecule has 2 aromatic heterocycles. The van der Waals surface area contributed by atoms with Gasteiger partial charge in [0.15, 0.2) is 5.82 Å². The smallest absolute Gasteiger partial charge is 0.261 e. The summed E-state index contributed by atoms with van der Waals surface area (Å²) < 4.78 is 7.14. The molecule has 2 aromatic rings. The van der Waals surface area contributed by atoms with Crippen molar-refractivity contribution in [3.63, 3.8) is 0 Å². The summed E-state index contributed by atoms with van der Waals surface area (Å²) in [6.45, 7) is 5.11. The average molecular weight is 294 g/mol. The van der Waals surface area contributed by atoms with Crippen molar-refractivity contribution < 1.29 is 4.74 Å². The van der Waals surface area contributed by atoms with Gasteiger partial charge >= 0.3 is 0 Å². The minimum atomic E-state index is -0.0917. The van der Waals surface area contributed by atoms with Gasteiger partial charge in [-0.2, -0.15) is 4.98 Å². The molecule has 0 amide bonds. The Hall–Kier alpha value is -1.73. The first-order valence-corrected chi connectivity index (χ1v) is 6.83. The molecule has 0 saturated carbocycles. The van der Waals surface area contributed by atoms with Crippen molar-refractivity contribution in [3.05, 3.63) is 33.0 Å². The molecule has 0 bridgehead atoms. The first kappa shape index (κ1) is 14.7. The van der Waals surface area contributed by atoms with Crippen molar-refractivity contribution in [2.45, 2.75) is 26.3 Å². The highest BCUT2D eigenvalue weighted by Gasteiger charge is 2.14. The Labute approximate surface area is 121 Å². The zero-order valence-corrected chi connectivity index (χ0v) is 12.6. The van der Waals surface area contributed by atoms with Gasteiger partial charge < -0.3 is 9.30 Å². The lowest BCUT2D eigenvalue weighted by molar-refractivity contribution is 0.185. The molecule has 0 aromatic carbocycles. The number of hydrogen-bond donors (Lipinski definition) is 2. The molecule has 0 radical (unpaired) electrons. The number of nitrogens with zero attached hydrogens (tertiary/aromatic N) is 2. The van der Waals surface area contributed by atoms with E-state index in [0.717, 1.165) is 5.69 Å². The minimum absolute atomic E-state index is 0.0917. The van der Waals surface area contributed by atoms with Crippen LogP contribution >= 0.6 is 12.2 Å². The van der Waals surface area contributed by atoms with Gasteiger partial charge in [0, 0.05) is 19.3 Å². The number of aromatic nitrogens is 4. The van der Waals surface area contributed by atoms with E-state index >= 15 is 0 Å². The molecule has 0 unspecified atom stereocenters. The number of nitrogens with one attached hydrogen (secondary N) is 2. The van der Waals surface area contributed by atoms with Crippen molar-refractivity contribution in [2.24, 2.45) is 0 Å². The Kier molecular flexibility index (Phi) is 4.51. The SMILES string of the molecule is COCCn1c(C(C)C)ccc(-c2nc(=S)[nH][nH]2)c1=O. The Morgan fingerprint density at radius 2 is 2.15 bits per heavy atom. The number of H-pyrrole nitrogens is 2. The lowest BCUT2D eigenvalue weighted by Crippen LogP contribution is -2.27. The van der Waals surface area contributed by atoms with Crippen LogP contribution in [0.3, 0.4) is 0 Å². The summed E-state index contributed by atoms with van der Waals surface area (Å²) in [5.41, 5.74) is 1.38. The van der Waals surface area contributed by atoms with Crippen LogP contribution in [0, 0.1) is 4.77 Å². The molecule has 0 aliphatic carbocycles. The van der Waals surface area contributed by atoms with E-state index in [2.05, 4.69) is 29.0 Å². The average Bonchev–Trinajstić information content (AvgIpc) is 2.83. The molecule has 7 heteroatoms. The van der Waals surface area contributed by atoms with Crippen molar-refractivity contribution in [3.8, 4) is 11.4 Å². The second-order valence-corrected chi connectivity index (χ2v) is 5.18. The molecule has 2 N–H and O–H groups in total. The topological polar surface area (TPSA) is 75.7 Å². The van der Waals surface area contributed by atoms with Gasteiger partial charge in [-0.15, -0.1) is 0 Å². The summed E-state index contributed by atoms with van der Waals surface area (Å²) in [6, 6.07) is 3.73. The Bertz CT molecular complexity index is 699. The Balaban J connectivity index is 2.56. The summed E-state index contributed by atoms with van der Waals surface area (Å²) in [5.74, 6) is 0.716. The van der Waals surface area contributed by atoms with E-state index in [1.807, 2.05) is 6.07 Å². The molecule has 0 aliphatic heterocycles. The zero-order chi connectivity index (χ0) is 14.7. The van der Waals surface area contributed by atoms with Crippen LogP contribution in [0.1, 0.15) is 25.5 Å². The molecule has 0 aliphatic rings. The van der Waals surface area contributed by atoms with Gasteiger partial charge in [-0.25, -0.2) is 0 Å². The predicted molar refractivity (Wildman–Crippen MR) is 79.4 cm³/mol. The number of aromatic amines is 2. The molecular formula is C13H18N4O2S. The van der Waals surface area contributed by atoms with Crippen LogP contribution in [0.15, 0.2) is 16.9 Å². The zero-order valence-electron chi connectivity index (χ0n) is 11.8. The Morgan fingerprint density at radius 1 is 1.40 bits per heavy atom. The molecule has 0 atom stereocenters. The van der Waals surface area contributed by atoms with Gasteiger partial charge in [0.05, 0.1) is 12.2 Å². The van der Waals surface area contributed by atoms with Gasteiger partial charge in [-0.1, -0.05) is 13.8 Å². The Morgan fingerprint density at radius 3 is 2.70 bits per heavy atom. The van der Waals surface area contributed by atoms with E-state index in [9.17, 15) is 4.79 Å². The van der Waals surface area contributed by atoms with Gasteiger partial charge in [0.2, 0.25) is 4.77 Å². The molecule has 2 heterocycles. The molecule has 108 valence electrons. The van der Waals surface area contributed by atoms with Crippen molar-refractivity contribution in [1.29, 1.82) is 0 Å². The fourth-order valence-electron chi connectivity index (χ4n) is 2.09. The van der Waals surface area contributed by atoms with E-state index in [1.165, 1.54) is 0 Å². The number of pyridine rings is 1. The maximum Gasteiger partial charge on any atom is 0.261 e. The van der Waals surface area contributed by atoms with E-state index < -0.39 is 0 Å². The normalized spacial score (nSPS) is 11.2. The maximum atomic E-state index is 12.6. The van der Waals surface area contributed by atoms with Crippen molar-refractivity contribution in [1.82, 2.24) is 19.7 Å². The summed E-state index contributed by atoms with van der Waals surface area (Å²) in [6.07, 6.45) is 0. The molecule has 0 spiro atoms. The standard InChI is InChI=1S/C13H18N4O2S/c1-8(2)10-5-4-9(11-14-13(20)16-15-11)12(18)17(10)6-7-19-3/h4-5,8H,6-7H2,1-3H3,(H2,14,15,16,20). The fraction of sp³-hybridized carbons (Fsp3) is 0.462. The number of ether oxygens (including phenoxy) is 1. The van der Waals surface area contributed by atoms with Gasteiger partial charge in [-0.05, 0) is 30.3 Å². The van der Waals surface area contributed by atoms with Gasteiger partial charge in [0.25, 0.3) is 5.56 Å². The third kappa shape index (κ3) is 2.88. The number of hydrogen-bond acceptors (Lipinski definition) is 4. The molecule has 6 nitrogen and oxygen atoms in total. The van der Waals surface area contributed by atoms with Crippen LogP contribution in [0.5, 0.6) is 0 Å².